The van der Waals surface area contributed by atoms with Crippen LogP contribution in [0, 0.1) is 0 Å². The molecular weight excluding hydrogens is 528 g/mol. The van der Waals surface area contributed by atoms with Crippen molar-refractivity contribution < 1.29 is 18.0 Å². The summed E-state index contributed by atoms with van der Waals surface area (Å²) in [7, 11) is -3.68. The number of aromatic nitrogens is 2. The summed E-state index contributed by atoms with van der Waals surface area (Å²) in [6.07, 6.45) is 1.63. The van der Waals surface area contributed by atoms with E-state index in [1.807, 2.05) is 0 Å². The maximum Gasteiger partial charge on any atom is 0.261 e. The van der Waals surface area contributed by atoms with Crippen LogP contribution in [0.1, 0.15) is 17.3 Å². The molecule has 0 radical (unpaired) electrons. The SMILES string of the molecule is CC(=O)N1CCN(C(=O)c2ccc(Nc3nccc(-c4ccc(NS(=O)(=O)c5ccccc5)cc4)n3)cc2)CC1. The molecule has 0 saturated carbocycles. The second kappa shape index (κ2) is 11.5. The molecule has 40 heavy (non-hydrogen) atoms. The van der Waals surface area contributed by atoms with E-state index >= 15 is 0 Å². The van der Waals surface area contributed by atoms with Gasteiger partial charge in [0.25, 0.3) is 15.9 Å². The number of sulfonamides is 1. The first kappa shape index (κ1) is 26.8. The van der Waals surface area contributed by atoms with Crippen molar-refractivity contribution in [1.29, 1.82) is 0 Å². The third-order valence-corrected chi connectivity index (χ3v) is 7.94. The molecule has 11 heteroatoms. The van der Waals surface area contributed by atoms with E-state index in [0.717, 1.165) is 11.3 Å². The monoisotopic (exact) mass is 556 g/mol. The molecule has 1 saturated heterocycles. The Kier molecular flexibility index (Phi) is 7.74. The lowest BCUT2D eigenvalue weighted by Gasteiger charge is -2.34. The summed E-state index contributed by atoms with van der Waals surface area (Å²) in [5.41, 5.74) is 3.18. The number of nitrogens with zero attached hydrogens (tertiary/aromatic N) is 4. The van der Waals surface area contributed by atoms with Crippen LogP contribution in [0.25, 0.3) is 11.3 Å². The molecule has 1 fully saturated rings. The lowest BCUT2D eigenvalue weighted by molar-refractivity contribution is -0.130. The molecule has 5 rings (SSSR count). The number of anilines is 3. The zero-order valence-corrected chi connectivity index (χ0v) is 22.6. The molecular formula is C29H28N6O4S. The summed E-state index contributed by atoms with van der Waals surface area (Å²) in [4.78, 5) is 36.9. The van der Waals surface area contributed by atoms with Gasteiger partial charge in [0.05, 0.1) is 10.6 Å². The van der Waals surface area contributed by atoms with Crippen LogP contribution >= 0.6 is 0 Å². The quantitative estimate of drug-likeness (QED) is 0.353. The summed E-state index contributed by atoms with van der Waals surface area (Å²) in [5.74, 6) is 0.338. The minimum atomic E-state index is -3.68. The van der Waals surface area contributed by atoms with Crippen LogP contribution in [-0.4, -0.2) is 66.2 Å². The van der Waals surface area contributed by atoms with Crippen molar-refractivity contribution in [2.24, 2.45) is 0 Å². The standard InChI is InChI=1S/C29H28N6O4S/c1-21(36)34-17-19-35(20-18-34)28(37)23-9-11-24(12-10-23)31-29-30-16-15-27(32-29)22-7-13-25(14-8-22)33-40(38,39)26-5-3-2-4-6-26/h2-16,33H,17-20H2,1H3,(H,30,31,32). The maximum absolute atomic E-state index is 12.9. The van der Waals surface area contributed by atoms with E-state index in [9.17, 15) is 18.0 Å². The van der Waals surface area contributed by atoms with E-state index in [1.54, 1.807) is 95.7 Å². The van der Waals surface area contributed by atoms with Gasteiger partial charge in [-0.25, -0.2) is 18.4 Å². The molecule has 2 heterocycles. The summed E-state index contributed by atoms with van der Waals surface area (Å²) in [6, 6.07) is 24.0. The Balaban J connectivity index is 1.22. The Morgan fingerprint density at radius 1 is 0.775 bits per heavy atom. The summed E-state index contributed by atoms with van der Waals surface area (Å²) >= 11 is 0. The van der Waals surface area contributed by atoms with Crippen LogP contribution in [0.5, 0.6) is 0 Å². The zero-order valence-electron chi connectivity index (χ0n) is 21.8. The Labute approximate surface area is 232 Å². The van der Waals surface area contributed by atoms with E-state index in [-0.39, 0.29) is 16.7 Å². The minimum Gasteiger partial charge on any atom is -0.339 e. The van der Waals surface area contributed by atoms with Gasteiger partial charge in [0.2, 0.25) is 11.9 Å². The van der Waals surface area contributed by atoms with Gasteiger partial charge >= 0.3 is 0 Å². The molecule has 0 unspecified atom stereocenters. The van der Waals surface area contributed by atoms with Crippen molar-refractivity contribution in [2.75, 3.05) is 36.2 Å². The van der Waals surface area contributed by atoms with Crippen molar-refractivity contribution in [3.63, 3.8) is 0 Å². The Morgan fingerprint density at radius 2 is 1.40 bits per heavy atom. The fourth-order valence-corrected chi connectivity index (χ4v) is 5.41. The normalized spacial score (nSPS) is 13.5. The average molecular weight is 557 g/mol. The number of rotatable bonds is 7. The van der Waals surface area contributed by atoms with E-state index in [4.69, 9.17) is 0 Å². The van der Waals surface area contributed by atoms with Crippen molar-refractivity contribution in [3.8, 4) is 11.3 Å². The molecule has 3 aromatic carbocycles. The molecule has 1 aliphatic heterocycles. The number of hydrogen-bond acceptors (Lipinski definition) is 7. The first-order chi connectivity index (χ1) is 19.3. The highest BCUT2D eigenvalue weighted by Gasteiger charge is 2.23. The Bertz CT molecular complexity index is 1600. The van der Waals surface area contributed by atoms with Crippen molar-refractivity contribution >= 4 is 39.2 Å². The van der Waals surface area contributed by atoms with Crippen molar-refractivity contribution in [3.05, 3.63) is 96.7 Å². The van der Waals surface area contributed by atoms with Crippen LogP contribution < -0.4 is 10.0 Å². The third-order valence-electron chi connectivity index (χ3n) is 6.54. The fourth-order valence-electron chi connectivity index (χ4n) is 4.33. The number of hydrogen-bond donors (Lipinski definition) is 2. The van der Waals surface area contributed by atoms with Gasteiger partial charge in [0.15, 0.2) is 0 Å². The molecule has 1 aliphatic rings. The minimum absolute atomic E-state index is 0.0251. The van der Waals surface area contributed by atoms with Gasteiger partial charge in [-0.15, -0.1) is 0 Å². The van der Waals surface area contributed by atoms with Crippen molar-refractivity contribution in [1.82, 2.24) is 19.8 Å². The summed E-state index contributed by atoms with van der Waals surface area (Å²) < 4.78 is 27.7. The van der Waals surface area contributed by atoms with Crippen LogP contribution in [0.3, 0.4) is 0 Å². The van der Waals surface area contributed by atoms with E-state index in [2.05, 4.69) is 20.0 Å². The highest BCUT2D eigenvalue weighted by molar-refractivity contribution is 7.92. The topological polar surface area (TPSA) is 125 Å². The lowest BCUT2D eigenvalue weighted by Crippen LogP contribution is -2.50. The number of amides is 2. The number of carbonyl (C=O) groups is 2. The molecule has 0 spiro atoms. The number of piperazine rings is 1. The predicted molar refractivity (Wildman–Crippen MR) is 153 cm³/mol. The largest absolute Gasteiger partial charge is 0.339 e. The zero-order chi connectivity index (χ0) is 28.1. The molecule has 2 amide bonds. The summed E-state index contributed by atoms with van der Waals surface area (Å²) in [6.45, 7) is 3.65. The van der Waals surface area contributed by atoms with E-state index in [0.29, 0.717) is 49.1 Å². The Hall–Kier alpha value is -4.77. The maximum atomic E-state index is 12.9. The van der Waals surface area contributed by atoms with Gasteiger partial charge in [-0.05, 0) is 54.6 Å². The lowest BCUT2D eigenvalue weighted by atomic mass is 10.1. The van der Waals surface area contributed by atoms with Gasteiger partial charge < -0.3 is 15.1 Å². The van der Waals surface area contributed by atoms with E-state index in [1.165, 1.54) is 12.1 Å². The number of carbonyl (C=O) groups excluding carboxylic acids is 2. The van der Waals surface area contributed by atoms with Gasteiger partial charge in [-0.2, -0.15) is 0 Å². The second-order valence-electron chi connectivity index (χ2n) is 9.26. The fraction of sp³-hybridized carbons (Fsp3) is 0.172. The van der Waals surface area contributed by atoms with Gasteiger partial charge in [-0.1, -0.05) is 30.3 Å². The van der Waals surface area contributed by atoms with Gasteiger partial charge in [0.1, 0.15) is 0 Å². The van der Waals surface area contributed by atoms with Crippen LogP contribution in [0.15, 0.2) is 96.0 Å². The molecule has 204 valence electrons. The molecule has 10 nitrogen and oxygen atoms in total. The smallest absolute Gasteiger partial charge is 0.261 e. The highest BCUT2D eigenvalue weighted by atomic mass is 32.2. The molecule has 2 N–H and O–H groups in total. The third kappa shape index (κ3) is 6.26. The summed E-state index contributed by atoms with van der Waals surface area (Å²) in [5, 5.41) is 3.16. The first-order valence-electron chi connectivity index (χ1n) is 12.7. The highest BCUT2D eigenvalue weighted by Crippen LogP contribution is 2.23. The molecule has 0 aliphatic carbocycles. The molecule has 0 atom stereocenters. The van der Waals surface area contributed by atoms with Gasteiger partial charge in [0, 0.05) is 61.8 Å². The first-order valence-corrected chi connectivity index (χ1v) is 14.2. The number of benzene rings is 3. The molecule has 0 bridgehead atoms. The van der Waals surface area contributed by atoms with Crippen LogP contribution in [0.2, 0.25) is 0 Å². The predicted octanol–water partition coefficient (Wildman–Crippen LogP) is 3.99. The van der Waals surface area contributed by atoms with Crippen LogP contribution in [-0.2, 0) is 14.8 Å². The van der Waals surface area contributed by atoms with E-state index < -0.39 is 10.0 Å². The molecule has 1 aromatic heterocycles. The van der Waals surface area contributed by atoms with Gasteiger partial charge in [-0.3, -0.25) is 14.3 Å². The Morgan fingerprint density at radius 3 is 2.05 bits per heavy atom. The average Bonchev–Trinajstić information content (AvgIpc) is 2.98. The molecule has 4 aromatic rings. The van der Waals surface area contributed by atoms with Crippen LogP contribution in [0.4, 0.5) is 17.3 Å². The van der Waals surface area contributed by atoms with Crippen molar-refractivity contribution in [2.45, 2.75) is 11.8 Å². The second-order valence-corrected chi connectivity index (χ2v) is 10.9. The number of nitrogens with one attached hydrogen (secondary N) is 2.